The summed E-state index contributed by atoms with van der Waals surface area (Å²) in [5.74, 6) is 0.430. The lowest BCUT2D eigenvalue weighted by atomic mass is 10.1. The van der Waals surface area contributed by atoms with Gasteiger partial charge in [-0.25, -0.2) is 0 Å². The van der Waals surface area contributed by atoms with Crippen LogP contribution in [0.1, 0.15) is 11.1 Å². The number of hydrogen-bond donors (Lipinski definition) is 2. The lowest BCUT2D eigenvalue weighted by Crippen LogP contribution is -2.38. The highest BCUT2D eigenvalue weighted by Crippen LogP contribution is 2.14. The third-order valence-corrected chi connectivity index (χ3v) is 3.81. The van der Waals surface area contributed by atoms with Crippen molar-refractivity contribution in [2.45, 2.75) is 13.5 Å². The first-order chi connectivity index (χ1) is 12.5. The molecule has 0 fully saturated rings. The second kappa shape index (κ2) is 9.58. The molecule has 0 spiro atoms. The van der Waals surface area contributed by atoms with Gasteiger partial charge in [0, 0.05) is 12.2 Å². The van der Waals surface area contributed by atoms with Crippen LogP contribution in [-0.2, 0) is 16.1 Å². The van der Waals surface area contributed by atoms with Gasteiger partial charge in [-0.1, -0.05) is 29.8 Å². The van der Waals surface area contributed by atoms with E-state index in [0.717, 1.165) is 11.3 Å². The Hall–Kier alpha value is -2.86. The number of benzene rings is 2. The molecule has 0 heterocycles. The monoisotopic (exact) mass is 355 g/mol. The van der Waals surface area contributed by atoms with Crippen molar-refractivity contribution in [1.82, 2.24) is 10.2 Å². The van der Waals surface area contributed by atoms with Gasteiger partial charge in [-0.3, -0.25) is 14.5 Å². The summed E-state index contributed by atoms with van der Waals surface area (Å²) in [5, 5.41) is 5.65. The topological polar surface area (TPSA) is 70.7 Å². The zero-order chi connectivity index (χ0) is 18.9. The third-order valence-electron chi connectivity index (χ3n) is 3.81. The Morgan fingerprint density at radius 1 is 0.962 bits per heavy atom. The minimum atomic E-state index is -0.177. The average Bonchev–Trinajstić information content (AvgIpc) is 2.61. The number of ether oxygens (including phenoxy) is 1. The Morgan fingerprint density at radius 3 is 2.19 bits per heavy atom. The number of nitrogens with zero attached hydrogens (tertiary/aromatic N) is 1. The molecule has 0 aliphatic carbocycles. The number of nitrogens with one attached hydrogen (secondary N) is 2. The van der Waals surface area contributed by atoms with Crippen molar-refractivity contribution in [2.75, 3.05) is 32.6 Å². The predicted octanol–water partition coefficient (Wildman–Crippen LogP) is 2.19. The van der Waals surface area contributed by atoms with Gasteiger partial charge in [-0.15, -0.1) is 0 Å². The maximum Gasteiger partial charge on any atom is 0.238 e. The van der Waals surface area contributed by atoms with Gasteiger partial charge >= 0.3 is 0 Å². The molecule has 0 atom stereocenters. The maximum atomic E-state index is 12.1. The van der Waals surface area contributed by atoms with Crippen molar-refractivity contribution in [3.05, 3.63) is 59.7 Å². The van der Waals surface area contributed by atoms with Crippen LogP contribution in [0, 0.1) is 6.92 Å². The van der Waals surface area contributed by atoms with Gasteiger partial charge in [0.2, 0.25) is 11.8 Å². The fraction of sp³-hybridized carbons (Fsp3) is 0.300. The largest absolute Gasteiger partial charge is 0.497 e. The molecule has 2 aromatic carbocycles. The highest BCUT2D eigenvalue weighted by molar-refractivity contribution is 5.92. The first kappa shape index (κ1) is 19.5. The second-order valence-corrected chi connectivity index (χ2v) is 6.21. The third kappa shape index (κ3) is 6.57. The van der Waals surface area contributed by atoms with Crippen molar-refractivity contribution in [2.24, 2.45) is 0 Å². The molecule has 0 aliphatic heterocycles. The van der Waals surface area contributed by atoms with E-state index in [-0.39, 0.29) is 24.9 Å². The Kier molecular flexibility index (Phi) is 7.17. The van der Waals surface area contributed by atoms with Crippen LogP contribution < -0.4 is 15.4 Å². The molecule has 0 saturated heterocycles. The lowest BCUT2D eigenvalue weighted by Gasteiger charge is -2.16. The van der Waals surface area contributed by atoms with Crippen LogP contribution in [0.5, 0.6) is 5.75 Å². The Labute approximate surface area is 154 Å². The summed E-state index contributed by atoms with van der Waals surface area (Å²) in [6.07, 6.45) is 0. The zero-order valence-corrected chi connectivity index (χ0v) is 15.4. The van der Waals surface area contributed by atoms with Crippen LogP contribution in [-0.4, -0.2) is 44.0 Å². The normalized spacial score (nSPS) is 10.5. The van der Waals surface area contributed by atoms with E-state index in [2.05, 4.69) is 10.6 Å². The molecule has 2 rings (SSSR count). The number of anilines is 1. The standard InChI is InChI=1S/C20H25N3O3/c1-15-4-6-16(7-5-15)12-21-19(24)13-23(2)14-20(25)22-17-8-10-18(26-3)11-9-17/h4-11H,12-14H2,1-3H3,(H,21,24)(H,22,25). The number of hydrogen-bond acceptors (Lipinski definition) is 4. The van der Waals surface area contributed by atoms with Crippen LogP contribution in [0.3, 0.4) is 0 Å². The molecule has 0 unspecified atom stereocenters. The molecule has 6 nitrogen and oxygen atoms in total. The second-order valence-electron chi connectivity index (χ2n) is 6.21. The minimum absolute atomic E-state index is 0.120. The lowest BCUT2D eigenvalue weighted by molar-refractivity contribution is -0.123. The van der Waals surface area contributed by atoms with Gasteiger partial charge in [-0.05, 0) is 43.8 Å². The number of amides is 2. The highest BCUT2D eigenvalue weighted by Gasteiger charge is 2.11. The van der Waals surface area contributed by atoms with Crippen molar-refractivity contribution in [1.29, 1.82) is 0 Å². The molecular weight excluding hydrogens is 330 g/mol. The van der Waals surface area contributed by atoms with Crippen molar-refractivity contribution < 1.29 is 14.3 Å². The molecule has 138 valence electrons. The molecule has 26 heavy (non-hydrogen) atoms. The molecule has 0 saturated carbocycles. The number of aryl methyl sites for hydroxylation is 1. The number of likely N-dealkylation sites (N-methyl/N-ethyl adjacent to an activating group) is 1. The van der Waals surface area contributed by atoms with Crippen LogP contribution >= 0.6 is 0 Å². The predicted molar refractivity (Wildman–Crippen MR) is 102 cm³/mol. The first-order valence-corrected chi connectivity index (χ1v) is 8.41. The van der Waals surface area contributed by atoms with Crippen LogP contribution in [0.4, 0.5) is 5.69 Å². The molecule has 2 amide bonds. The summed E-state index contributed by atoms with van der Waals surface area (Å²) in [4.78, 5) is 25.7. The SMILES string of the molecule is COc1ccc(NC(=O)CN(C)CC(=O)NCc2ccc(C)cc2)cc1. The smallest absolute Gasteiger partial charge is 0.238 e. The van der Waals surface area contributed by atoms with Gasteiger partial charge in [0.1, 0.15) is 5.75 Å². The molecule has 0 radical (unpaired) electrons. The maximum absolute atomic E-state index is 12.1. The summed E-state index contributed by atoms with van der Waals surface area (Å²) >= 11 is 0. The number of rotatable bonds is 8. The zero-order valence-electron chi connectivity index (χ0n) is 15.4. The summed E-state index contributed by atoms with van der Waals surface area (Å²) in [7, 11) is 3.32. The van der Waals surface area contributed by atoms with E-state index in [1.165, 1.54) is 5.56 Å². The van der Waals surface area contributed by atoms with Gasteiger partial charge in [0.05, 0.1) is 20.2 Å². The van der Waals surface area contributed by atoms with Crippen molar-refractivity contribution >= 4 is 17.5 Å². The number of carbonyl (C=O) groups excluding carboxylic acids is 2. The van der Waals surface area contributed by atoms with E-state index < -0.39 is 0 Å². The van der Waals surface area contributed by atoms with Crippen LogP contribution in [0.15, 0.2) is 48.5 Å². The van der Waals surface area contributed by atoms with Gasteiger partial charge < -0.3 is 15.4 Å². The highest BCUT2D eigenvalue weighted by atomic mass is 16.5. The Bertz CT molecular complexity index is 727. The summed E-state index contributed by atoms with van der Waals surface area (Å²) in [6, 6.07) is 15.1. The van der Waals surface area contributed by atoms with Crippen molar-refractivity contribution in [3.8, 4) is 5.75 Å². The van der Waals surface area contributed by atoms with Crippen LogP contribution in [0.25, 0.3) is 0 Å². The Balaban J connectivity index is 1.72. The minimum Gasteiger partial charge on any atom is -0.497 e. The summed E-state index contributed by atoms with van der Waals surface area (Å²) < 4.78 is 5.08. The van der Waals surface area contributed by atoms with E-state index in [9.17, 15) is 9.59 Å². The van der Waals surface area contributed by atoms with E-state index in [1.807, 2.05) is 31.2 Å². The fourth-order valence-electron chi connectivity index (χ4n) is 2.38. The summed E-state index contributed by atoms with van der Waals surface area (Å²) in [6.45, 7) is 2.78. The molecule has 0 bridgehead atoms. The van der Waals surface area contributed by atoms with E-state index in [4.69, 9.17) is 4.74 Å². The fourth-order valence-corrected chi connectivity index (χ4v) is 2.38. The molecule has 0 aromatic heterocycles. The molecular formula is C20H25N3O3. The molecule has 0 aliphatic rings. The molecule has 2 N–H and O–H groups in total. The van der Waals surface area contributed by atoms with Crippen LogP contribution in [0.2, 0.25) is 0 Å². The van der Waals surface area contributed by atoms with E-state index in [0.29, 0.717) is 12.2 Å². The van der Waals surface area contributed by atoms with E-state index in [1.54, 1.807) is 43.3 Å². The van der Waals surface area contributed by atoms with Gasteiger partial charge in [-0.2, -0.15) is 0 Å². The first-order valence-electron chi connectivity index (χ1n) is 8.41. The van der Waals surface area contributed by atoms with E-state index >= 15 is 0 Å². The number of methoxy groups -OCH3 is 1. The van der Waals surface area contributed by atoms with Crippen molar-refractivity contribution in [3.63, 3.8) is 0 Å². The van der Waals surface area contributed by atoms with Gasteiger partial charge in [0.25, 0.3) is 0 Å². The molecule has 2 aromatic rings. The average molecular weight is 355 g/mol. The summed E-state index contributed by atoms with van der Waals surface area (Å²) in [5.41, 5.74) is 2.92. The van der Waals surface area contributed by atoms with Gasteiger partial charge in [0.15, 0.2) is 0 Å². The quantitative estimate of drug-likeness (QED) is 0.762. The number of carbonyl (C=O) groups is 2. The molecule has 6 heteroatoms. The Morgan fingerprint density at radius 2 is 1.58 bits per heavy atom.